The van der Waals surface area contributed by atoms with E-state index in [1.54, 1.807) is 0 Å². The lowest BCUT2D eigenvalue weighted by molar-refractivity contribution is 0.208. The van der Waals surface area contributed by atoms with Crippen LogP contribution in [0.3, 0.4) is 0 Å². The molecule has 0 amide bonds. The van der Waals surface area contributed by atoms with E-state index in [2.05, 4.69) is 38.7 Å². The van der Waals surface area contributed by atoms with Crippen LogP contribution in [0.4, 0.5) is 0 Å². The van der Waals surface area contributed by atoms with Crippen LogP contribution < -0.4 is 5.73 Å². The van der Waals surface area contributed by atoms with Gasteiger partial charge >= 0.3 is 0 Å². The van der Waals surface area contributed by atoms with Gasteiger partial charge in [0.15, 0.2) is 0 Å². The third kappa shape index (κ3) is 4.71. The molecule has 0 aliphatic carbocycles. The number of hydrogen-bond acceptors (Lipinski definition) is 3. The van der Waals surface area contributed by atoms with Crippen LogP contribution in [0.25, 0.3) is 0 Å². The molecule has 0 bridgehead atoms. The molecule has 1 aromatic heterocycles. The highest BCUT2D eigenvalue weighted by molar-refractivity contribution is 7.12. The lowest BCUT2D eigenvalue weighted by Crippen LogP contribution is -2.31. The van der Waals surface area contributed by atoms with Crippen LogP contribution in [0.15, 0.2) is 6.07 Å². The SMILES string of the molecule is CCCCCN(Cc1cc(CN)sc1C)C(C)C. The Labute approximate surface area is 116 Å². The van der Waals surface area contributed by atoms with Gasteiger partial charge in [-0.15, -0.1) is 11.3 Å². The first-order chi connectivity index (χ1) is 8.58. The minimum Gasteiger partial charge on any atom is -0.326 e. The van der Waals surface area contributed by atoms with Gasteiger partial charge in [-0.05, 0) is 45.4 Å². The normalized spacial score (nSPS) is 11.7. The van der Waals surface area contributed by atoms with E-state index in [1.807, 2.05) is 11.3 Å². The lowest BCUT2D eigenvalue weighted by Gasteiger charge is -2.26. The monoisotopic (exact) mass is 268 g/mol. The molecular weight excluding hydrogens is 240 g/mol. The van der Waals surface area contributed by atoms with Crippen molar-refractivity contribution in [2.24, 2.45) is 5.73 Å². The van der Waals surface area contributed by atoms with E-state index in [-0.39, 0.29) is 0 Å². The van der Waals surface area contributed by atoms with Gasteiger partial charge in [0.25, 0.3) is 0 Å². The molecule has 0 saturated heterocycles. The Kier molecular flexibility index (Phi) is 6.90. The molecule has 18 heavy (non-hydrogen) atoms. The quantitative estimate of drug-likeness (QED) is 0.724. The first kappa shape index (κ1) is 15.7. The first-order valence-electron chi connectivity index (χ1n) is 7.10. The number of aryl methyl sites for hydroxylation is 1. The lowest BCUT2D eigenvalue weighted by atomic mass is 10.1. The molecule has 0 aliphatic rings. The molecule has 1 aromatic rings. The summed E-state index contributed by atoms with van der Waals surface area (Å²) in [5, 5.41) is 0. The number of unbranched alkanes of at least 4 members (excludes halogenated alkanes) is 2. The van der Waals surface area contributed by atoms with Crippen molar-refractivity contribution in [3.63, 3.8) is 0 Å². The van der Waals surface area contributed by atoms with Crippen molar-refractivity contribution in [3.8, 4) is 0 Å². The highest BCUT2D eigenvalue weighted by Crippen LogP contribution is 2.23. The maximum absolute atomic E-state index is 5.72. The fourth-order valence-corrected chi connectivity index (χ4v) is 3.08. The van der Waals surface area contributed by atoms with Crippen molar-refractivity contribution in [2.45, 2.75) is 66.1 Å². The van der Waals surface area contributed by atoms with Gasteiger partial charge in [-0.3, -0.25) is 4.90 Å². The largest absolute Gasteiger partial charge is 0.326 e. The summed E-state index contributed by atoms with van der Waals surface area (Å²) in [6.45, 7) is 12.0. The van der Waals surface area contributed by atoms with E-state index >= 15 is 0 Å². The molecule has 0 atom stereocenters. The van der Waals surface area contributed by atoms with Gasteiger partial charge in [0.05, 0.1) is 0 Å². The molecular formula is C15H28N2S. The van der Waals surface area contributed by atoms with E-state index in [1.165, 1.54) is 41.1 Å². The second-order valence-electron chi connectivity index (χ2n) is 5.27. The molecule has 3 heteroatoms. The second kappa shape index (κ2) is 7.93. The fourth-order valence-electron chi connectivity index (χ4n) is 2.15. The predicted molar refractivity (Wildman–Crippen MR) is 82.0 cm³/mol. The third-order valence-electron chi connectivity index (χ3n) is 3.43. The highest BCUT2D eigenvalue weighted by Gasteiger charge is 2.13. The van der Waals surface area contributed by atoms with Crippen LogP contribution in [0.2, 0.25) is 0 Å². The minimum absolute atomic E-state index is 0.613. The van der Waals surface area contributed by atoms with Gasteiger partial charge in [0.1, 0.15) is 0 Å². The summed E-state index contributed by atoms with van der Waals surface area (Å²) in [5.41, 5.74) is 7.18. The van der Waals surface area contributed by atoms with Crippen LogP contribution in [0.1, 0.15) is 55.4 Å². The van der Waals surface area contributed by atoms with Crippen molar-refractivity contribution in [3.05, 3.63) is 21.4 Å². The zero-order valence-electron chi connectivity index (χ0n) is 12.3. The number of nitrogens with zero attached hydrogens (tertiary/aromatic N) is 1. The molecule has 0 aromatic carbocycles. The molecule has 0 fully saturated rings. The van der Waals surface area contributed by atoms with Crippen molar-refractivity contribution < 1.29 is 0 Å². The van der Waals surface area contributed by atoms with Crippen molar-refractivity contribution in [1.29, 1.82) is 0 Å². The van der Waals surface area contributed by atoms with Gasteiger partial charge in [0, 0.05) is 28.9 Å². The maximum atomic E-state index is 5.72. The first-order valence-corrected chi connectivity index (χ1v) is 7.92. The van der Waals surface area contributed by atoms with Crippen LogP contribution in [-0.2, 0) is 13.1 Å². The predicted octanol–water partition coefficient (Wildman–Crippen LogP) is 3.92. The topological polar surface area (TPSA) is 29.3 Å². The molecule has 0 unspecified atom stereocenters. The number of hydrogen-bond donors (Lipinski definition) is 1. The van der Waals surface area contributed by atoms with Crippen LogP contribution in [0.5, 0.6) is 0 Å². The Morgan fingerprint density at radius 3 is 2.56 bits per heavy atom. The van der Waals surface area contributed by atoms with Crippen molar-refractivity contribution in [2.75, 3.05) is 6.54 Å². The molecule has 2 nitrogen and oxygen atoms in total. The zero-order chi connectivity index (χ0) is 13.5. The van der Waals surface area contributed by atoms with E-state index in [4.69, 9.17) is 5.73 Å². The summed E-state index contributed by atoms with van der Waals surface area (Å²) in [5.74, 6) is 0. The smallest absolute Gasteiger partial charge is 0.0274 e. The summed E-state index contributed by atoms with van der Waals surface area (Å²) in [4.78, 5) is 5.31. The van der Waals surface area contributed by atoms with Gasteiger partial charge in [0.2, 0.25) is 0 Å². The molecule has 0 radical (unpaired) electrons. The summed E-state index contributed by atoms with van der Waals surface area (Å²) in [7, 11) is 0. The average molecular weight is 268 g/mol. The van der Waals surface area contributed by atoms with E-state index in [0.29, 0.717) is 12.6 Å². The third-order valence-corrected chi connectivity index (χ3v) is 4.54. The molecule has 0 spiro atoms. The molecule has 0 aliphatic heterocycles. The van der Waals surface area contributed by atoms with Crippen LogP contribution in [-0.4, -0.2) is 17.5 Å². The van der Waals surface area contributed by atoms with Crippen LogP contribution in [0, 0.1) is 6.92 Å². The molecule has 2 N–H and O–H groups in total. The fraction of sp³-hybridized carbons (Fsp3) is 0.733. The van der Waals surface area contributed by atoms with Gasteiger partial charge in [-0.25, -0.2) is 0 Å². The summed E-state index contributed by atoms with van der Waals surface area (Å²) >= 11 is 1.84. The van der Waals surface area contributed by atoms with E-state index in [0.717, 1.165) is 6.54 Å². The van der Waals surface area contributed by atoms with Crippen LogP contribution >= 0.6 is 11.3 Å². The number of thiophene rings is 1. The molecule has 1 heterocycles. The van der Waals surface area contributed by atoms with Gasteiger partial charge < -0.3 is 5.73 Å². The standard InChI is InChI=1S/C15H28N2S/c1-5-6-7-8-17(12(2)3)11-14-9-15(10-16)18-13(14)4/h9,12H,5-8,10-11,16H2,1-4H3. The Hall–Kier alpha value is -0.380. The van der Waals surface area contributed by atoms with Crippen molar-refractivity contribution >= 4 is 11.3 Å². The minimum atomic E-state index is 0.613. The van der Waals surface area contributed by atoms with E-state index in [9.17, 15) is 0 Å². The Morgan fingerprint density at radius 1 is 1.33 bits per heavy atom. The summed E-state index contributed by atoms with van der Waals surface area (Å²) in [6, 6.07) is 2.90. The Bertz CT molecular complexity index is 344. The second-order valence-corrected chi connectivity index (χ2v) is 6.61. The maximum Gasteiger partial charge on any atom is 0.0274 e. The summed E-state index contributed by atoms with van der Waals surface area (Å²) < 4.78 is 0. The Balaban J connectivity index is 2.61. The molecule has 1 rings (SSSR count). The average Bonchev–Trinajstić information content (AvgIpc) is 2.69. The molecule has 0 saturated carbocycles. The van der Waals surface area contributed by atoms with Gasteiger partial charge in [-0.1, -0.05) is 19.8 Å². The molecule has 104 valence electrons. The van der Waals surface area contributed by atoms with E-state index < -0.39 is 0 Å². The highest BCUT2D eigenvalue weighted by atomic mass is 32.1. The Morgan fingerprint density at radius 2 is 2.06 bits per heavy atom. The van der Waals surface area contributed by atoms with Crippen molar-refractivity contribution in [1.82, 2.24) is 4.90 Å². The number of nitrogens with two attached hydrogens (primary N) is 1. The van der Waals surface area contributed by atoms with Gasteiger partial charge in [-0.2, -0.15) is 0 Å². The summed E-state index contributed by atoms with van der Waals surface area (Å²) in [6.07, 6.45) is 3.93. The zero-order valence-corrected chi connectivity index (χ0v) is 13.1. The number of rotatable bonds is 8.